The van der Waals surface area contributed by atoms with E-state index in [4.69, 9.17) is 27.6 Å². The van der Waals surface area contributed by atoms with Gasteiger partial charge in [-0.3, -0.25) is 43.2 Å². The van der Waals surface area contributed by atoms with Crippen molar-refractivity contribution < 1.29 is 34.3 Å². The van der Waals surface area contributed by atoms with Crippen LogP contribution in [0.5, 0.6) is 28.7 Å². The fourth-order valence-electron chi connectivity index (χ4n) is 15.4. The zero-order chi connectivity index (χ0) is 94.4. The molecule has 2 fully saturated rings. The molecule has 0 bridgehead atoms. The van der Waals surface area contributed by atoms with E-state index in [-0.39, 0.29) is 141 Å². The number of halogens is 3. The van der Waals surface area contributed by atoms with Crippen LogP contribution in [0.15, 0.2) is 319 Å². The Bertz CT molecular complexity index is 7700. The lowest BCUT2D eigenvalue weighted by Gasteiger charge is -2.16. The van der Waals surface area contributed by atoms with E-state index in [2.05, 4.69) is 39.5 Å². The summed E-state index contributed by atoms with van der Waals surface area (Å²) in [7, 11) is 0. The highest BCUT2D eigenvalue weighted by Gasteiger charge is 2.33. The molecule has 0 spiro atoms. The van der Waals surface area contributed by atoms with Gasteiger partial charge in [-0.05, 0) is 176 Å². The van der Waals surface area contributed by atoms with E-state index in [0.29, 0.717) is 94.4 Å². The first-order valence-corrected chi connectivity index (χ1v) is 45.3. The van der Waals surface area contributed by atoms with Gasteiger partial charge in [0, 0.05) is 122 Å². The Morgan fingerprint density at radius 3 is 1.16 bits per heavy atom. The second-order valence-electron chi connectivity index (χ2n) is 30.8. The Balaban J connectivity index is 0.000000140. The number of aromatic nitrogens is 9. The van der Waals surface area contributed by atoms with E-state index in [9.17, 15) is 77.9 Å². The average Bonchev–Trinajstić information content (AvgIpc) is 1.73. The largest absolute Gasteiger partial charge is 0.507 e. The summed E-state index contributed by atoms with van der Waals surface area (Å²) in [5.41, 5.74) is 2.42. The quantitative estimate of drug-likeness (QED) is 0.0293. The van der Waals surface area contributed by atoms with Gasteiger partial charge in [-0.2, -0.15) is 0 Å². The van der Waals surface area contributed by atoms with Crippen molar-refractivity contribution in [2.75, 3.05) is 0 Å². The maximum atomic E-state index is 13.5. The Morgan fingerprint density at radius 1 is 0.374 bits per heavy atom. The number of pyridine rings is 9. The van der Waals surface area contributed by atoms with Crippen molar-refractivity contribution in [3.63, 3.8) is 0 Å². The molecule has 2 aliphatic carbocycles. The normalized spacial score (nSPS) is 12.2. The standard InChI is InChI=1S/C21H19ClN2O3S.C21H16ClNO4S.C21H19FN2O3S.C21H20N2O3S.C15H16N2O3/c1-4-9-23-13(3)11-16-17(20(23)26)18(25)19(21(27)24(16)10-5-2)28-15-8-6-7-14(22)12-15;1-3-23-15-9-11(2)7-8-14(15)18-16(20(23)25)17(24)19(21(26)27-18)28-13-6-4-5-12(22)10-13;1-4-9-23-13(3)11-16-17(20(23)26)18(25)19(21(27)24(16)10-5-2)28-15-8-6-7-14(22)12-15;1-4-11-22-14(3)13-16-17(20(22)25)18(24)19(21(26)23(16)12-5-2)27-15-9-7-6-8-10-15;1-8-6-11-14(15(20)16(8)9-2-3-9)12(18)7-13(19)17(11)10-4-5-10/h4-8,11-12,25H,1-2,9-10H2,3H3;4-10,24H,3H2,1-2H3;4-8,11-12,25H,1-2,9-10H2,3H3;4-10,13,24H,1-2,11-12H2,3H3;6-7,9-10,18H,2-5H2,1H3. The van der Waals surface area contributed by atoms with Gasteiger partial charge >= 0.3 is 5.63 Å². The van der Waals surface area contributed by atoms with Crippen molar-refractivity contribution in [3.8, 4) is 28.7 Å². The molecule has 5 aromatic carbocycles. The molecule has 10 heterocycles. The molecule has 0 aliphatic heterocycles. The zero-order valence-corrected chi connectivity index (χ0v) is 76.9. The second-order valence-corrected chi connectivity index (χ2v) is 36.0. The summed E-state index contributed by atoms with van der Waals surface area (Å²) in [5, 5.41) is 55.6. The zero-order valence-electron chi connectivity index (χ0n) is 72.1. The number of fused-ring (bicyclic) bond motifs is 7. The third kappa shape index (κ3) is 19.6. The van der Waals surface area contributed by atoms with Gasteiger partial charge in [-0.15, -0.1) is 39.5 Å². The molecule has 17 rings (SSSR count). The molecule has 25 nitrogen and oxygen atoms in total. The molecule has 32 heteroatoms. The van der Waals surface area contributed by atoms with E-state index in [0.717, 1.165) is 88.9 Å². The molecular weight excluding hydrogens is 1790 g/mol. The molecule has 0 amide bonds. The van der Waals surface area contributed by atoms with Gasteiger partial charge in [0.15, 0.2) is 11.3 Å². The van der Waals surface area contributed by atoms with Crippen LogP contribution < -0.4 is 55.7 Å². The third-order valence-electron chi connectivity index (χ3n) is 21.7. The van der Waals surface area contributed by atoms with Gasteiger partial charge in [0.25, 0.3) is 50.0 Å². The Hall–Kier alpha value is -13.5. The van der Waals surface area contributed by atoms with Crippen LogP contribution in [-0.2, 0) is 45.8 Å². The van der Waals surface area contributed by atoms with Crippen LogP contribution >= 0.6 is 70.2 Å². The number of hydrogen-bond acceptors (Lipinski definition) is 20. The van der Waals surface area contributed by atoms with Gasteiger partial charge in [0.05, 0.1) is 27.6 Å². The van der Waals surface area contributed by atoms with Gasteiger partial charge in [0.1, 0.15) is 75.3 Å². The van der Waals surface area contributed by atoms with Gasteiger partial charge in [0.2, 0.25) is 0 Å². The maximum absolute atomic E-state index is 13.5. The van der Waals surface area contributed by atoms with Crippen LogP contribution in [0.4, 0.5) is 4.39 Å². The molecule has 0 atom stereocenters. The van der Waals surface area contributed by atoms with E-state index < -0.39 is 39.4 Å². The molecular formula is C99H90Cl2FN9O16S4. The lowest BCUT2D eigenvalue weighted by molar-refractivity contribution is 0.446. The summed E-state index contributed by atoms with van der Waals surface area (Å²) >= 11 is 16.2. The number of allylic oxidation sites excluding steroid dienone is 6. The van der Waals surface area contributed by atoms with Crippen molar-refractivity contribution in [2.45, 2.75) is 164 Å². The topological polar surface area (TPSA) is 329 Å². The summed E-state index contributed by atoms with van der Waals surface area (Å²) < 4.78 is 32.8. The van der Waals surface area contributed by atoms with Crippen LogP contribution in [0, 0.1) is 40.4 Å². The van der Waals surface area contributed by atoms with Crippen LogP contribution in [-0.4, -0.2) is 66.6 Å². The maximum Gasteiger partial charge on any atom is 0.354 e. The van der Waals surface area contributed by atoms with Gasteiger partial charge in [-0.25, -0.2) is 9.18 Å². The third-order valence-corrected chi connectivity index (χ3v) is 26.4. The number of aromatic hydroxyl groups is 5. The predicted octanol–water partition coefficient (Wildman–Crippen LogP) is 18.7. The first-order valence-electron chi connectivity index (χ1n) is 41.3. The Kier molecular flexibility index (Phi) is 29.5. The molecule has 0 unspecified atom stereocenters. The van der Waals surface area contributed by atoms with E-state index in [1.165, 1.54) is 51.7 Å². The lowest BCUT2D eigenvalue weighted by Crippen LogP contribution is -2.28. The minimum Gasteiger partial charge on any atom is -0.507 e. The molecule has 2 saturated carbocycles. The molecule has 2 aliphatic rings. The molecule has 672 valence electrons. The number of nitrogens with zero attached hydrogens (tertiary/aromatic N) is 9. The number of aryl methyl sites for hydroxylation is 6. The number of benzene rings is 5. The fourth-order valence-corrected chi connectivity index (χ4v) is 19.6. The van der Waals surface area contributed by atoms with Crippen molar-refractivity contribution in [3.05, 3.63) is 375 Å². The lowest BCUT2D eigenvalue weighted by atomic mass is 10.1. The van der Waals surface area contributed by atoms with Crippen LogP contribution in [0.1, 0.15) is 73.0 Å². The monoisotopic (exact) mass is 1880 g/mol. The summed E-state index contributed by atoms with van der Waals surface area (Å²) in [5.74, 6) is -2.04. The molecule has 0 radical (unpaired) electrons. The van der Waals surface area contributed by atoms with Crippen molar-refractivity contribution >= 4 is 136 Å². The molecule has 131 heavy (non-hydrogen) atoms. The highest BCUT2D eigenvalue weighted by atomic mass is 35.5. The first kappa shape index (κ1) is 95.1. The number of hydrogen-bond donors (Lipinski definition) is 5. The SMILES string of the molecule is C=CCn1c(C)cc2c(c(O)c(Sc3cccc(Cl)c3)c(=O)n2CC=C)c1=O.C=CCn1c(C)cc2c(c(O)c(Sc3cccc(F)c3)c(=O)n2CC=C)c1=O.C=CCn1c(C)cc2c(c(O)c(Sc3ccccc3)c(=O)n2CC=C)c1=O.CCn1c(=O)c2c(O)c(Sc3cccc(Cl)c3)c(=O)oc2c2ccc(C)cc21.Cc1cc2c(c(O)cc(=O)n2C2CC2)c(=O)n1C1CC1. The van der Waals surface area contributed by atoms with Crippen molar-refractivity contribution in [1.82, 2.24) is 41.1 Å². The summed E-state index contributed by atoms with van der Waals surface area (Å²) in [6, 6.07) is 42.9. The van der Waals surface area contributed by atoms with E-state index in [1.54, 1.807) is 150 Å². The molecule has 5 N–H and O–H groups in total. The minimum absolute atomic E-state index is 0.00216. The highest BCUT2D eigenvalue weighted by molar-refractivity contribution is 8.00. The molecule has 10 aromatic heterocycles. The van der Waals surface area contributed by atoms with Crippen molar-refractivity contribution in [2.24, 2.45) is 0 Å². The van der Waals surface area contributed by atoms with E-state index >= 15 is 0 Å². The highest BCUT2D eigenvalue weighted by Crippen LogP contribution is 2.43. The minimum atomic E-state index is -0.703. The Morgan fingerprint density at radius 2 is 0.748 bits per heavy atom. The van der Waals surface area contributed by atoms with Gasteiger partial charge < -0.3 is 71.1 Å². The smallest absolute Gasteiger partial charge is 0.354 e. The first-order chi connectivity index (χ1) is 62.7. The Labute approximate surface area is 774 Å². The molecule has 0 saturated heterocycles. The van der Waals surface area contributed by atoms with Crippen LogP contribution in [0.2, 0.25) is 10.0 Å². The molecule has 15 aromatic rings. The summed E-state index contributed by atoms with van der Waals surface area (Å²) in [6.07, 6.45) is 13.5. The van der Waals surface area contributed by atoms with E-state index in [1.807, 2.05) is 69.3 Å². The van der Waals surface area contributed by atoms with Gasteiger partial charge in [-0.1, -0.05) is 149 Å². The van der Waals surface area contributed by atoms with Crippen molar-refractivity contribution in [1.29, 1.82) is 0 Å². The van der Waals surface area contributed by atoms with Crippen LogP contribution in [0.3, 0.4) is 0 Å². The summed E-state index contributed by atoms with van der Waals surface area (Å²) in [4.78, 5) is 131. The average molecular weight is 1880 g/mol. The fraction of sp³-hybridized carbons (Fsp3) is 0.192. The summed E-state index contributed by atoms with van der Waals surface area (Å²) in [6.45, 7) is 35.0. The van der Waals surface area contributed by atoms with Crippen LogP contribution in [0.25, 0.3) is 65.5 Å². The number of rotatable bonds is 23. The second kappa shape index (κ2) is 40.7. The predicted molar refractivity (Wildman–Crippen MR) is 522 cm³/mol.